The molecule has 3 N–H and O–H groups in total. The highest BCUT2D eigenvalue weighted by atomic mass is 16.2. The van der Waals surface area contributed by atoms with Crippen molar-refractivity contribution in [2.24, 2.45) is 23.7 Å². The van der Waals surface area contributed by atoms with Gasteiger partial charge in [0.25, 0.3) is 0 Å². The van der Waals surface area contributed by atoms with E-state index in [4.69, 9.17) is 0 Å². The second kappa shape index (κ2) is 20.8. The molecule has 0 rings (SSSR count). The fourth-order valence-electron chi connectivity index (χ4n) is 4.23. The number of unbranched alkanes of at least 4 members (excludes halogenated alkanes) is 3. The van der Waals surface area contributed by atoms with E-state index in [-0.39, 0.29) is 0 Å². The molecule has 0 fully saturated rings. The highest BCUT2D eigenvalue weighted by Gasteiger charge is 2.34. The molecule has 0 saturated heterocycles. The predicted molar refractivity (Wildman–Crippen MR) is 142 cm³/mol. The molecule has 0 saturated carbocycles. The molecule has 0 aromatic rings. The molecule has 0 aromatic heterocycles. The minimum absolute atomic E-state index is 0.368. The number of amides is 3. The van der Waals surface area contributed by atoms with E-state index in [9.17, 15) is 14.4 Å². The van der Waals surface area contributed by atoms with Crippen LogP contribution < -0.4 is 16.0 Å². The average Bonchev–Trinajstić information content (AvgIpc) is 2.84. The van der Waals surface area contributed by atoms with E-state index in [0.717, 1.165) is 77.0 Å². The van der Waals surface area contributed by atoms with Crippen LogP contribution in [0.3, 0.4) is 0 Å². The van der Waals surface area contributed by atoms with Crippen LogP contribution in [0.2, 0.25) is 0 Å². The third-order valence-electron chi connectivity index (χ3n) is 7.11. The maximum atomic E-state index is 13.1. The second-order valence-electron chi connectivity index (χ2n) is 9.92. The van der Waals surface area contributed by atoms with Crippen LogP contribution in [0.5, 0.6) is 0 Å². The molecule has 0 aliphatic heterocycles. The number of carbonyl (C=O) groups excluding carboxylic acids is 3. The topological polar surface area (TPSA) is 87.3 Å². The van der Waals surface area contributed by atoms with Gasteiger partial charge in [-0.3, -0.25) is 14.4 Å². The summed E-state index contributed by atoms with van der Waals surface area (Å²) in [5.41, 5.74) is 0. The lowest BCUT2D eigenvalue weighted by molar-refractivity contribution is -0.143. The van der Waals surface area contributed by atoms with E-state index in [1.54, 1.807) is 0 Å². The smallest absolute Gasteiger partial charge is 0.242 e. The van der Waals surface area contributed by atoms with Crippen molar-refractivity contribution in [3.05, 3.63) is 0 Å². The lowest BCUT2D eigenvalue weighted by atomic mass is 9.97. The maximum Gasteiger partial charge on any atom is 0.242 e. The molecule has 0 aliphatic carbocycles. The first-order valence-corrected chi connectivity index (χ1v) is 14.2. The highest BCUT2D eigenvalue weighted by Crippen LogP contribution is 2.14. The minimum Gasteiger partial charge on any atom is -0.355 e. The van der Waals surface area contributed by atoms with Gasteiger partial charge < -0.3 is 16.0 Å². The van der Waals surface area contributed by atoms with Gasteiger partial charge >= 0.3 is 0 Å². The molecule has 3 unspecified atom stereocenters. The van der Waals surface area contributed by atoms with Gasteiger partial charge in [-0.25, -0.2) is 0 Å². The molecule has 0 bridgehead atoms. The van der Waals surface area contributed by atoms with Gasteiger partial charge in [0.2, 0.25) is 17.7 Å². The number of hydrogen-bond donors (Lipinski definition) is 3. The molecule has 0 radical (unpaired) electrons. The summed E-state index contributed by atoms with van der Waals surface area (Å²) in [4.78, 5) is 39.2. The van der Waals surface area contributed by atoms with Gasteiger partial charge in [0.1, 0.15) is 0 Å². The first kappa shape index (κ1) is 32.4. The molecule has 0 aliphatic rings. The second-order valence-corrected chi connectivity index (χ2v) is 9.92. The van der Waals surface area contributed by atoms with E-state index in [2.05, 4.69) is 57.5 Å². The van der Waals surface area contributed by atoms with Gasteiger partial charge in [-0.15, -0.1) is 0 Å². The third kappa shape index (κ3) is 14.0. The van der Waals surface area contributed by atoms with Crippen molar-refractivity contribution in [3.8, 4) is 0 Å². The first-order valence-electron chi connectivity index (χ1n) is 14.2. The van der Waals surface area contributed by atoms with E-state index >= 15 is 0 Å². The quantitative estimate of drug-likeness (QED) is 0.186. The van der Waals surface area contributed by atoms with Crippen LogP contribution in [0.4, 0.5) is 0 Å². The Hall–Kier alpha value is -1.59. The van der Waals surface area contributed by atoms with Crippen LogP contribution in [-0.4, -0.2) is 37.4 Å². The van der Waals surface area contributed by atoms with E-state index in [1.807, 2.05) is 0 Å². The summed E-state index contributed by atoms with van der Waals surface area (Å²) in [6, 6.07) is 0. The summed E-state index contributed by atoms with van der Waals surface area (Å²) < 4.78 is 0. The van der Waals surface area contributed by atoms with E-state index in [0.29, 0.717) is 37.4 Å². The number of hydrogen-bond acceptors (Lipinski definition) is 3. The standard InChI is InChI=1S/C28H55N3O3/c1-7-13-16-22(10-4)19-29-26(32)25(27(33)30-20-23(11-5)17-14-8-2)28(34)31-21-24(12-6)18-15-9-3/h22-25H,7-21H2,1-6H3,(H,29,32)(H,30,33)(H,31,34). The third-order valence-corrected chi connectivity index (χ3v) is 7.11. The van der Waals surface area contributed by atoms with Crippen molar-refractivity contribution in [2.45, 2.75) is 119 Å². The van der Waals surface area contributed by atoms with Crippen molar-refractivity contribution < 1.29 is 14.4 Å². The van der Waals surface area contributed by atoms with Gasteiger partial charge in [-0.1, -0.05) is 99.3 Å². The molecule has 3 atom stereocenters. The van der Waals surface area contributed by atoms with Crippen LogP contribution in [0.25, 0.3) is 0 Å². The highest BCUT2D eigenvalue weighted by molar-refractivity contribution is 6.17. The first-order chi connectivity index (χ1) is 16.4. The molecule has 34 heavy (non-hydrogen) atoms. The van der Waals surface area contributed by atoms with Crippen molar-refractivity contribution in [2.75, 3.05) is 19.6 Å². The summed E-state index contributed by atoms with van der Waals surface area (Å²) in [5.74, 6) is -1.67. The van der Waals surface area contributed by atoms with Crippen LogP contribution in [-0.2, 0) is 14.4 Å². The molecule has 6 nitrogen and oxygen atoms in total. The number of nitrogens with one attached hydrogen (secondary N) is 3. The Morgan fingerprint density at radius 1 is 0.500 bits per heavy atom. The largest absolute Gasteiger partial charge is 0.355 e. The van der Waals surface area contributed by atoms with Gasteiger partial charge in [0, 0.05) is 19.6 Å². The van der Waals surface area contributed by atoms with Crippen molar-refractivity contribution in [1.82, 2.24) is 16.0 Å². The normalized spacial score (nSPS) is 14.6. The lowest BCUT2D eigenvalue weighted by Crippen LogP contribution is -2.51. The van der Waals surface area contributed by atoms with Crippen LogP contribution in [0.15, 0.2) is 0 Å². The number of rotatable bonds is 21. The average molecular weight is 482 g/mol. The molecule has 0 spiro atoms. The Kier molecular flexibility index (Phi) is 19.8. The Bertz CT molecular complexity index is 477. The molecule has 0 heterocycles. The Labute approximate surface area is 210 Å². The van der Waals surface area contributed by atoms with Crippen molar-refractivity contribution in [3.63, 3.8) is 0 Å². The molecule has 200 valence electrons. The molecule has 6 heteroatoms. The predicted octanol–water partition coefficient (Wildman–Crippen LogP) is 5.60. The summed E-state index contributed by atoms with van der Waals surface area (Å²) in [5, 5.41) is 8.75. The van der Waals surface area contributed by atoms with Crippen LogP contribution >= 0.6 is 0 Å². The minimum atomic E-state index is -1.34. The SMILES string of the molecule is CCCCC(CC)CNC(=O)C(C(=O)NCC(CC)CCCC)C(=O)NCC(CC)CCCC. The van der Waals surface area contributed by atoms with Gasteiger partial charge in [0.05, 0.1) is 0 Å². The summed E-state index contributed by atoms with van der Waals surface area (Å²) >= 11 is 0. The summed E-state index contributed by atoms with van der Waals surface area (Å²) in [6.07, 6.45) is 12.7. The van der Waals surface area contributed by atoms with Crippen molar-refractivity contribution >= 4 is 17.7 Å². The monoisotopic (exact) mass is 481 g/mol. The fraction of sp³-hybridized carbons (Fsp3) is 0.893. The van der Waals surface area contributed by atoms with Gasteiger partial charge in [-0.2, -0.15) is 0 Å². The fourth-order valence-corrected chi connectivity index (χ4v) is 4.23. The van der Waals surface area contributed by atoms with Crippen LogP contribution in [0.1, 0.15) is 119 Å². The van der Waals surface area contributed by atoms with E-state index in [1.165, 1.54) is 0 Å². The Balaban J connectivity index is 5.22. The Morgan fingerprint density at radius 3 is 0.971 bits per heavy atom. The number of carbonyl (C=O) groups is 3. The van der Waals surface area contributed by atoms with Crippen molar-refractivity contribution in [1.29, 1.82) is 0 Å². The zero-order valence-corrected chi connectivity index (χ0v) is 23.1. The Morgan fingerprint density at radius 2 is 0.765 bits per heavy atom. The van der Waals surface area contributed by atoms with Gasteiger partial charge in [-0.05, 0) is 37.0 Å². The zero-order valence-electron chi connectivity index (χ0n) is 23.1. The van der Waals surface area contributed by atoms with Gasteiger partial charge in [0.15, 0.2) is 5.92 Å². The van der Waals surface area contributed by atoms with E-state index < -0.39 is 23.6 Å². The summed E-state index contributed by atoms with van der Waals surface area (Å²) in [7, 11) is 0. The zero-order chi connectivity index (χ0) is 25.8. The molecule has 0 aromatic carbocycles. The molecule has 3 amide bonds. The lowest BCUT2D eigenvalue weighted by Gasteiger charge is -2.22. The summed E-state index contributed by atoms with van der Waals surface area (Å²) in [6.45, 7) is 14.3. The van der Waals surface area contributed by atoms with Crippen LogP contribution in [0, 0.1) is 23.7 Å². The molecular formula is C28H55N3O3. The maximum absolute atomic E-state index is 13.1. The molecular weight excluding hydrogens is 426 g/mol.